The third kappa shape index (κ3) is 6.06. The molecule has 1 aromatic carbocycles. The van der Waals surface area contributed by atoms with Crippen molar-refractivity contribution in [2.45, 2.75) is 25.3 Å². The molecule has 1 aromatic rings. The van der Waals surface area contributed by atoms with Gasteiger partial charge in [0.15, 0.2) is 0 Å². The first-order valence-corrected chi connectivity index (χ1v) is 7.68. The van der Waals surface area contributed by atoms with E-state index in [4.69, 9.17) is 5.11 Å². The van der Waals surface area contributed by atoms with Crippen LogP contribution < -0.4 is 5.32 Å². The number of amides is 1. The van der Waals surface area contributed by atoms with Crippen molar-refractivity contribution in [1.29, 1.82) is 0 Å². The van der Waals surface area contributed by atoms with Crippen LogP contribution in [0.5, 0.6) is 0 Å². The lowest BCUT2D eigenvalue weighted by molar-refractivity contribution is -0.141. The highest BCUT2D eigenvalue weighted by Gasteiger charge is 2.18. The number of carboxylic acids is 1. The number of carboxylic acid groups (broad SMARTS) is 1. The van der Waals surface area contributed by atoms with E-state index in [2.05, 4.69) is 5.32 Å². The summed E-state index contributed by atoms with van der Waals surface area (Å²) in [6.07, 6.45) is 2.93. The monoisotopic (exact) mass is 299 g/mol. The van der Waals surface area contributed by atoms with E-state index in [-0.39, 0.29) is 18.1 Å². The van der Waals surface area contributed by atoms with Crippen LogP contribution in [0.3, 0.4) is 0 Å². The molecule has 0 bridgehead atoms. The Labute approximate surface area is 121 Å². The Morgan fingerprint density at radius 3 is 2.55 bits per heavy atom. The molecule has 0 saturated heterocycles. The van der Waals surface area contributed by atoms with Gasteiger partial charge in [-0.3, -0.25) is 4.79 Å². The fourth-order valence-corrected chi connectivity index (χ4v) is 2.14. The zero-order valence-electron chi connectivity index (χ0n) is 11.3. The molecule has 1 amide bonds. The van der Waals surface area contributed by atoms with Crippen LogP contribution in [-0.4, -0.2) is 35.0 Å². The number of thioether (sulfide) groups is 1. The molecule has 2 N–H and O–H groups in total. The summed E-state index contributed by atoms with van der Waals surface area (Å²) in [5.41, 5.74) is 0.845. The highest BCUT2D eigenvalue weighted by atomic mass is 32.2. The third-order valence-corrected chi connectivity index (χ3v) is 3.44. The fourth-order valence-electron chi connectivity index (χ4n) is 1.67. The summed E-state index contributed by atoms with van der Waals surface area (Å²) in [5, 5.41) is 11.5. The molecule has 0 radical (unpaired) electrons. The number of carbonyl (C=O) groups is 2. The molecule has 0 aliphatic heterocycles. The Morgan fingerprint density at radius 2 is 2.00 bits per heavy atom. The molecular formula is C14H18FNO3S. The number of rotatable bonds is 8. The van der Waals surface area contributed by atoms with Crippen LogP contribution >= 0.6 is 11.8 Å². The van der Waals surface area contributed by atoms with E-state index in [0.717, 1.165) is 5.56 Å². The number of nitrogens with one attached hydrogen (secondary N) is 1. The minimum atomic E-state index is -1.02. The Kier molecular flexibility index (Phi) is 7.08. The first-order chi connectivity index (χ1) is 9.52. The second-order valence-corrected chi connectivity index (χ2v) is 5.35. The van der Waals surface area contributed by atoms with E-state index >= 15 is 0 Å². The van der Waals surface area contributed by atoms with Crippen molar-refractivity contribution >= 4 is 23.6 Å². The average molecular weight is 299 g/mol. The van der Waals surface area contributed by atoms with Gasteiger partial charge in [-0.2, -0.15) is 11.8 Å². The van der Waals surface area contributed by atoms with E-state index < -0.39 is 12.0 Å². The molecule has 1 rings (SSSR count). The number of carbonyl (C=O) groups excluding carboxylic acids is 1. The maximum atomic E-state index is 12.7. The lowest BCUT2D eigenvalue weighted by Crippen LogP contribution is -2.41. The number of aryl methyl sites for hydroxylation is 1. The van der Waals surface area contributed by atoms with Gasteiger partial charge in [-0.1, -0.05) is 12.1 Å². The van der Waals surface area contributed by atoms with Crippen molar-refractivity contribution in [3.05, 3.63) is 35.6 Å². The summed E-state index contributed by atoms with van der Waals surface area (Å²) in [6, 6.07) is 5.07. The smallest absolute Gasteiger partial charge is 0.326 e. The molecule has 4 nitrogen and oxygen atoms in total. The molecule has 20 heavy (non-hydrogen) atoms. The predicted molar refractivity (Wildman–Crippen MR) is 77.3 cm³/mol. The van der Waals surface area contributed by atoms with Gasteiger partial charge < -0.3 is 10.4 Å². The normalized spacial score (nSPS) is 11.9. The lowest BCUT2D eigenvalue weighted by Gasteiger charge is -2.13. The number of hydrogen-bond acceptors (Lipinski definition) is 3. The Balaban J connectivity index is 2.41. The highest BCUT2D eigenvalue weighted by molar-refractivity contribution is 7.98. The van der Waals surface area contributed by atoms with Crippen molar-refractivity contribution in [3.8, 4) is 0 Å². The van der Waals surface area contributed by atoms with Gasteiger partial charge in [0.05, 0.1) is 0 Å². The Hall–Kier alpha value is -1.56. The van der Waals surface area contributed by atoms with Gasteiger partial charge in [-0.05, 0) is 42.5 Å². The maximum absolute atomic E-state index is 12.7. The number of hydrogen-bond donors (Lipinski definition) is 2. The van der Waals surface area contributed by atoms with Gasteiger partial charge in [-0.15, -0.1) is 0 Å². The third-order valence-electron chi connectivity index (χ3n) is 2.80. The van der Waals surface area contributed by atoms with Crippen molar-refractivity contribution in [2.24, 2.45) is 0 Å². The molecule has 0 spiro atoms. The quantitative estimate of drug-likeness (QED) is 0.771. The van der Waals surface area contributed by atoms with Crippen molar-refractivity contribution in [3.63, 3.8) is 0 Å². The van der Waals surface area contributed by atoms with Crippen LogP contribution in [0.2, 0.25) is 0 Å². The van der Waals surface area contributed by atoms with E-state index in [1.165, 1.54) is 23.9 Å². The van der Waals surface area contributed by atoms with Crippen molar-refractivity contribution in [1.82, 2.24) is 5.32 Å². The van der Waals surface area contributed by atoms with E-state index in [1.807, 2.05) is 6.26 Å². The summed E-state index contributed by atoms with van der Waals surface area (Å²) >= 11 is 1.54. The van der Waals surface area contributed by atoms with Gasteiger partial charge in [0.1, 0.15) is 11.9 Å². The van der Waals surface area contributed by atoms with Crippen LogP contribution in [-0.2, 0) is 16.0 Å². The second kappa shape index (κ2) is 8.58. The van der Waals surface area contributed by atoms with E-state index in [9.17, 15) is 14.0 Å². The summed E-state index contributed by atoms with van der Waals surface area (Å²) < 4.78 is 12.7. The molecule has 0 unspecified atom stereocenters. The van der Waals surface area contributed by atoms with Gasteiger partial charge in [0, 0.05) is 6.42 Å². The van der Waals surface area contributed by atoms with Crippen LogP contribution in [0.1, 0.15) is 18.4 Å². The molecule has 0 aliphatic carbocycles. The number of aliphatic carboxylic acids is 1. The highest BCUT2D eigenvalue weighted by Crippen LogP contribution is 2.06. The first-order valence-electron chi connectivity index (χ1n) is 6.28. The summed E-state index contributed by atoms with van der Waals surface area (Å²) in [5.74, 6) is -0.965. The SMILES string of the molecule is CSCC[C@@H](NC(=O)CCc1ccc(F)cc1)C(=O)O. The molecule has 0 aliphatic rings. The Morgan fingerprint density at radius 1 is 1.35 bits per heavy atom. The van der Waals surface area contributed by atoms with Crippen LogP contribution in [0.4, 0.5) is 4.39 Å². The molecule has 6 heteroatoms. The molecular weight excluding hydrogens is 281 g/mol. The largest absolute Gasteiger partial charge is 0.480 e. The minimum absolute atomic E-state index is 0.189. The van der Waals surface area contributed by atoms with Crippen molar-refractivity contribution < 1.29 is 19.1 Å². The van der Waals surface area contributed by atoms with Gasteiger partial charge in [-0.25, -0.2) is 9.18 Å². The lowest BCUT2D eigenvalue weighted by atomic mass is 10.1. The molecule has 0 saturated carbocycles. The van der Waals surface area contributed by atoms with Gasteiger partial charge >= 0.3 is 5.97 Å². The standard InChI is InChI=1S/C14H18FNO3S/c1-20-9-8-12(14(18)19)16-13(17)7-4-10-2-5-11(15)6-3-10/h2-3,5-6,12H,4,7-9H2,1H3,(H,16,17)(H,18,19)/t12-/m1/s1. The summed E-state index contributed by atoms with van der Waals surface area (Å²) in [6.45, 7) is 0. The summed E-state index contributed by atoms with van der Waals surface area (Å²) in [4.78, 5) is 22.7. The van der Waals surface area contributed by atoms with Crippen LogP contribution in [0, 0.1) is 5.82 Å². The number of halogens is 1. The van der Waals surface area contributed by atoms with Crippen LogP contribution in [0.25, 0.3) is 0 Å². The minimum Gasteiger partial charge on any atom is -0.480 e. The van der Waals surface area contributed by atoms with Crippen LogP contribution in [0.15, 0.2) is 24.3 Å². The zero-order valence-corrected chi connectivity index (χ0v) is 12.1. The average Bonchev–Trinajstić information content (AvgIpc) is 2.42. The van der Waals surface area contributed by atoms with Crippen molar-refractivity contribution in [2.75, 3.05) is 12.0 Å². The molecule has 0 heterocycles. The van der Waals surface area contributed by atoms with E-state index in [1.54, 1.807) is 12.1 Å². The maximum Gasteiger partial charge on any atom is 0.326 e. The Bertz CT molecular complexity index is 450. The second-order valence-electron chi connectivity index (χ2n) is 4.37. The van der Waals surface area contributed by atoms with Gasteiger partial charge in [0.2, 0.25) is 5.91 Å². The first kappa shape index (κ1) is 16.5. The zero-order chi connectivity index (χ0) is 15.0. The summed E-state index contributed by atoms with van der Waals surface area (Å²) in [7, 11) is 0. The molecule has 1 atom stereocenters. The fraction of sp³-hybridized carbons (Fsp3) is 0.429. The van der Waals surface area contributed by atoms with Gasteiger partial charge in [0.25, 0.3) is 0 Å². The topological polar surface area (TPSA) is 66.4 Å². The predicted octanol–water partition coefficient (Wildman–Crippen LogP) is 2.08. The van der Waals surface area contributed by atoms with E-state index in [0.29, 0.717) is 18.6 Å². The molecule has 0 aromatic heterocycles. The molecule has 0 fully saturated rings. The number of benzene rings is 1. The molecule has 110 valence electrons.